The van der Waals surface area contributed by atoms with Crippen molar-refractivity contribution in [2.24, 2.45) is 0 Å². The first kappa shape index (κ1) is 14.6. The molecule has 1 saturated heterocycles. The maximum absolute atomic E-state index is 13.1. The molecule has 1 aromatic rings. The van der Waals surface area contributed by atoms with Crippen LogP contribution >= 0.6 is 0 Å². The molecule has 2 aliphatic rings. The van der Waals surface area contributed by atoms with Gasteiger partial charge in [0.1, 0.15) is 0 Å². The summed E-state index contributed by atoms with van der Waals surface area (Å²) in [7, 11) is 0. The first-order chi connectivity index (χ1) is 10.1. The van der Waals surface area contributed by atoms with Crippen LogP contribution in [0.1, 0.15) is 52.7 Å². The first-order valence-corrected chi connectivity index (χ1v) is 8.18. The molecule has 1 aliphatic heterocycles. The van der Waals surface area contributed by atoms with Gasteiger partial charge in [-0.25, -0.2) is 0 Å². The zero-order chi connectivity index (χ0) is 15.0. The average Bonchev–Trinajstić information content (AvgIpc) is 3.11. The van der Waals surface area contributed by atoms with Gasteiger partial charge in [-0.1, -0.05) is 17.7 Å². The number of nitrogens with zero attached hydrogens (tertiary/aromatic N) is 1. The molecule has 1 aliphatic carbocycles. The van der Waals surface area contributed by atoms with Crippen LogP contribution in [0.3, 0.4) is 0 Å². The van der Waals surface area contributed by atoms with Crippen LogP contribution in [0.4, 0.5) is 0 Å². The van der Waals surface area contributed by atoms with Crippen molar-refractivity contribution < 1.29 is 4.79 Å². The molecular formula is C18H26N2O. The topological polar surface area (TPSA) is 32.3 Å². The number of hydrogen-bond donors (Lipinski definition) is 1. The minimum absolute atomic E-state index is 0.237. The third-order valence-corrected chi connectivity index (χ3v) is 4.72. The third kappa shape index (κ3) is 3.13. The van der Waals surface area contributed by atoms with E-state index in [1.807, 2.05) is 0 Å². The molecule has 3 nitrogen and oxygen atoms in total. The van der Waals surface area contributed by atoms with Gasteiger partial charge in [-0.15, -0.1) is 0 Å². The van der Waals surface area contributed by atoms with Crippen molar-refractivity contribution in [1.82, 2.24) is 10.2 Å². The summed E-state index contributed by atoms with van der Waals surface area (Å²) in [6.45, 7) is 8.18. The van der Waals surface area contributed by atoms with Gasteiger partial charge in [-0.2, -0.15) is 0 Å². The van der Waals surface area contributed by atoms with Crippen LogP contribution < -0.4 is 5.32 Å². The Kier molecular flexibility index (Phi) is 4.03. The molecule has 1 heterocycles. The summed E-state index contributed by atoms with van der Waals surface area (Å²) in [6.07, 6.45) is 4.77. The summed E-state index contributed by atoms with van der Waals surface area (Å²) >= 11 is 0. The zero-order valence-electron chi connectivity index (χ0n) is 13.4. The van der Waals surface area contributed by atoms with Crippen LogP contribution in [-0.2, 0) is 0 Å². The summed E-state index contributed by atoms with van der Waals surface area (Å²) < 4.78 is 0. The molecule has 0 spiro atoms. The number of rotatable bonds is 4. The van der Waals surface area contributed by atoms with Crippen LogP contribution in [0.25, 0.3) is 0 Å². The predicted molar refractivity (Wildman–Crippen MR) is 85.7 cm³/mol. The molecule has 1 saturated carbocycles. The summed E-state index contributed by atoms with van der Waals surface area (Å²) in [5, 5.41) is 3.52. The molecule has 0 bridgehead atoms. The predicted octanol–water partition coefficient (Wildman–Crippen LogP) is 2.97. The Morgan fingerprint density at radius 3 is 2.38 bits per heavy atom. The lowest BCUT2D eigenvalue weighted by Gasteiger charge is -2.27. The van der Waals surface area contributed by atoms with Gasteiger partial charge in [-0.05, 0) is 64.1 Å². The van der Waals surface area contributed by atoms with Crippen LogP contribution in [0.15, 0.2) is 12.1 Å². The lowest BCUT2D eigenvalue weighted by Crippen LogP contribution is -2.42. The van der Waals surface area contributed by atoms with Gasteiger partial charge in [0, 0.05) is 24.2 Å². The van der Waals surface area contributed by atoms with Gasteiger partial charge in [0.2, 0.25) is 0 Å². The second-order valence-corrected chi connectivity index (χ2v) is 6.76. The largest absolute Gasteiger partial charge is 0.334 e. The Morgan fingerprint density at radius 2 is 1.86 bits per heavy atom. The molecule has 21 heavy (non-hydrogen) atoms. The van der Waals surface area contributed by atoms with E-state index < -0.39 is 0 Å². The number of carbonyl (C=O) groups is 1. The zero-order valence-corrected chi connectivity index (χ0v) is 13.4. The van der Waals surface area contributed by atoms with Gasteiger partial charge < -0.3 is 10.2 Å². The number of hydrogen-bond acceptors (Lipinski definition) is 2. The number of amides is 1. The van der Waals surface area contributed by atoms with Crippen molar-refractivity contribution in [3.63, 3.8) is 0 Å². The number of aryl methyl sites for hydroxylation is 3. The Labute approximate surface area is 127 Å². The van der Waals surface area contributed by atoms with E-state index in [1.165, 1.54) is 31.2 Å². The fraction of sp³-hybridized carbons (Fsp3) is 0.611. The lowest BCUT2D eigenvalue weighted by atomic mass is 9.98. The van der Waals surface area contributed by atoms with Crippen molar-refractivity contribution in [3.05, 3.63) is 34.4 Å². The number of nitrogens with one attached hydrogen (secondary N) is 1. The van der Waals surface area contributed by atoms with Crippen molar-refractivity contribution >= 4 is 5.91 Å². The maximum Gasteiger partial charge on any atom is 0.254 e. The highest BCUT2D eigenvalue weighted by molar-refractivity contribution is 5.97. The summed E-state index contributed by atoms with van der Waals surface area (Å²) in [4.78, 5) is 15.2. The van der Waals surface area contributed by atoms with Crippen LogP contribution in [0.2, 0.25) is 0 Å². The van der Waals surface area contributed by atoms with E-state index in [4.69, 9.17) is 0 Å². The van der Waals surface area contributed by atoms with Crippen LogP contribution in [0, 0.1) is 20.8 Å². The summed E-state index contributed by atoms with van der Waals surface area (Å²) in [6, 6.07) is 5.21. The SMILES string of the molecule is Cc1cc(C)c(C(=O)N(CC2CCCN2)C2CC2)c(C)c1. The standard InChI is InChI=1S/C18H26N2O/c1-12-9-13(2)17(14(3)10-12)18(21)20(16-6-7-16)11-15-5-4-8-19-15/h9-10,15-16,19H,4-8,11H2,1-3H3. The van der Waals surface area contributed by atoms with Crippen molar-refractivity contribution in [2.45, 2.75) is 58.5 Å². The molecule has 1 aromatic carbocycles. The molecule has 1 N–H and O–H groups in total. The molecule has 1 amide bonds. The van der Waals surface area contributed by atoms with E-state index >= 15 is 0 Å². The van der Waals surface area contributed by atoms with Crippen molar-refractivity contribution in [1.29, 1.82) is 0 Å². The molecule has 2 fully saturated rings. The quantitative estimate of drug-likeness (QED) is 0.923. The van der Waals surface area contributed by atoms with Gasteiger partial charge in [0.25, 0.3) is 5.91 Å². The molecule has 0 aromatic heterocycles. The fourth-order valence-corrected chi connectivity index (χ4v) is 3.59. The summed E-state index contributed by atoms with van der Waals surface area (Å²) in [5.41, 5.74) is 4.38. The van der Waals surface area contributed by atoms with Gasteiger partial charge in [0.05, 0.1) is 0 Å². The highest BCUT2D eigenvalue weighted by Gasteiger charge is 2.35. The van der Waals surface area contributed by atoms with E-state index in [1.54, 1.807) is 0 Å². The fourth-order valence-electron chi connectivity index (χ4n) is 3.59. The monoisotopic (exact) mass is 286 g/mol. The number of benzene rings is 1. The Balaban J connectivity index is 1.83. The van der Waals surface area contributed by atoms with E-state index in [2.05, 4.69) is 43.1 Å². The molecule has 0 radical (unpaired) electrons. The molecule has 3 heteroatoms. The smallest absolute Gasteiger partial charge is 0.254 e. The number of carbonyl (C=O) groups excluding carboxylic acids is 1. The van der Waals surface area contributed by atoms with E-state index in [9.17, 15) is 4.79 Å². The Hall–Kier alpha value is -1.35. The lowest BCUT2D eigenvalue weighted by molar-refractivity contribution is 0.0727. The molecule has 114 valence electrons. The maximum atomic E-state index is 13.1. The van der Waals surface area contributed by atoms with E-state index in [0.29, 0.717) is 12.1 Å². The highest BCUT2D eigenvalue weighted by atomic mass is 16.2. The second kappa shape index (κ2) is 5.80. The Morgan fingerprint density at radius 1 is 1.19 bits per heavy atom. The molecule has 3 rings (SSSR count). The van der Waals surface area contributed by atoms with E-state index in [0.717, 1.165) is 29.8 Å². The summed E-state index contributed by atoms with van der Waals surface area (Å²) in [5.74, 6) is 0.237. The molecular weight excluding hydrogens is 260 g/mol. The molecule has 1 atom stereocenters. The van der Waals surface area contributed by atoms with Crippen molar-refractivity contribution in [2.75, 3.05) is 13.1 Å². The minimum atomic E-state index is 0.237. The average molecular weight is 286 g/mol. The van der Waals surface area contributed by atoms with E-state index in [-0.39, 0.29) is 5.91 Å². The van der Waals surface area contributed by atoms with Gasteiger partial charge in [-0.3, -0.25) is 4.79 Å². The molecule has 1 unspecified atom stereocenters. The van der Waals surface area contributed by atoms with Crippen LogP contribution in [0.5, 0.6) is 0 Å². The second-order valence-electron chi connectivity index (χ2n) is 6.76. The minimum Gasteiger partial charge on any atom is -0.334 e. The van der Waals surface area contributed by atoms with Crippen LogP contribution in [-0.4, -0.2) is 36.0 Å². The normalized spacial score (nSPS) is 21.6. The van der Waals surface area contributed by atoms with Gasteiger partial charge in [0.15, 0.2) is 0 Å². The first-order valence-electron chi connectivity index (χ1n) is 8.18. The highest BCUT2D eigenvalue weighted by Crippen LogP contribution is 2.30. The van der Waals surface area contributed by atoms with Gasteiger partial charge >= 0.3 is 0 Å². The Bertz CT molecular complexity index is 519. The third-order valence-electron chi connectivity index (χ3n) is 4.72. The van der Waals surface area contributed by atoms with Crippen molar-refractivity contribution in [3.8, 4) is 0 Å².